The third-order valence-corrected chi connectivity index (χ3v) is 1.50. The summed E-state index contributed by atoms with van der Waals surface area (Å²) >= 11 is 0. The topological polar surface area (TPSA) is 65.5 Å². The zero-order valence-corrected chi connectivity index (χ0v) is 11.8. The second-order valence-electron chi connectivity index (χ2n) is 2.97. The van der Waals surface area contributed by atoms with Crippen molar-refractivity contribution < 1.29 is 19.1 Å². The summed E-state index contributed by atoms with van der Waals surface area (Å²) in [4.78, 5) is 25.2. The van der Waals surface area contributed by atoms with Crippen LogP contribution < -0.4 is 0 Å². The number of esters is 1. The Balaban J connectivity index is 0. The van der Waals surface area contributed by atoms with Crippen molar-refractivity contribution in [3.63, 3.8) is 0 Å². The number of carbonyl (C=O) groups is 2. The summed E-state index contributed by atoms with van der Waals surface area (Å²) in [5, 5.41) is 0. The van der Waals surface area contributed by atoms with Gasteiger partial charge in [-0.05, 0) is 24.6 Å². The second kappa shape index (κ2) is 11.7. The number of methoxy groups -OCH3 is 2. The van der Waals surface area contributed by atoms with E-state index in [0.29, 0.717) is 6.29 Å². The minimum absolute atomic E-state index is 0.157. The van der Waals surface area contributed by atoms with Gasteiger partial charge < -0.3 is 9.47 Å². The molecule has 0 fully saturated rings. The lowest BCUT2D eigenvalue weighted by Crippen LogP contribution is -2.06. The van der Waals surface area contributed by atoms with Crippen LogP contribution in [-0.2, 0) is 9.47 Å². The van der Waals surface area contributed by atoms with Gasteiger partial charge in [0, 0.05) is 14.2 Å². The van der Waals surface area contributed by atoms with E-state index < -0.39 is 5.97 Å². The van der Waals surface area contributed by atoms with Gasteiger partial charge in [0.15, 0.2) is 6.29 Å². The molecule has 102 valence electrons. The smallest absolute Gasteiger partial charge is 0.356 e. The van der Waals surface area contributed by atoms with Gasteiger partial charge in [0.25, 0.3) is 0 Å². The Morgan fingerprint density at radius 1 is 1.22 bits per heavy atom. The normalized spacial score (nSPS) is 8.11. The molecule has 1 aromatic heterocycles. The van der Waals surface area contributed by atoms with Crippen molar-refractivity contribution in [3.8, 4) is 0 Å². The maximum atomic E-state index is 11.0. The van der Waals surface area contributed by atoms with Gasteiger partial charge in [-0.1, -0.05) is 13.8 Å². The number of aromatic nitrogens is 1. The molecule has 0 saturated heterocycles. The second-order valence-corrected chi connectivity index (χ2v) is 2.97. The summed E-state index contributed by atoms with van der Waals surface area (Å²) < 4.78 is 8.72. The van der Waals surface area contributed by atoms with Crippen LogP contribution in [0.25, 0.3) is 0 Å². The summed E-state index contributed by atoms with van der Waals surface area (Å²) in [6.07, 6.45) is 0.597. The van der Waals surface area contributed by atoms with Gasteiger partial charge >= 0.3 is 5.97 Å². The first-order valence-electron chi connectivity index (χ1n) is 5.51. The number of aldehydes is 1. The lowest BCUT2D eigenvalue weighted by Gasteiger charge is -2.00. The average molecular weight is 255 g/mol. The fraction of sp³-hybridized carbons (Fsp3) is 0.462. The third-order valence-electron chi connectivity index (χ3n) is 1.50. The first-order chi connectivity index (χ1) is 8.58. The molecular formula is C13H21NO4. The number of rotatable bonds is 2. The van der Waals surface area contributed by atoms with Crippen molar-refractivity contribution in [1.29, 1.82) is 0 Å². The highest BCUT2D eigenvalue weighted by Crippen LogP contribution is 2.04. The molecular weight excluding hydrogens is 234 g/mol. The van der Waals surface area contributed by atoms with Crippen LogP contribution in [0.1, 0.15) is 40.4 Å². The van der Waals surface area contributed by atoms with Gasteiger partial charge in [0.1, 0.15) is 11.4 Å². The zero-order valence-electron chi connectivity index (χ0n) is 11.8. The van der Waals surface area contributed by atoms with E-state index in [1.54, 1.807) is 33.3 Å². The highest BCUT2D eigenvalue weighted by Gasteiger charge is 2.08. The molecule has 18 heavy (non-hydrogen) atoms. The van der Waals surface area contributed by atoms with Crippen LogP contribution in [0.4, 0.5) is 0 Å². The fourth-order valence-electron chi connectivity index (χ4n) is 0.964. The Kier molecular flexibility index (Phi) is 12.1. The van der Waals surface area contributed by atoms with E-state index in [0.717, 1.165) is 5.56 Å². The summed E-state index contributed by atoms with van der Waals surface area (Å²) in [6.45, 7) is 5.78. The average Bonchev–Trinajstić information content (AvgIpc) is 2.40. The van der Waals surface area contributed by atoms with Gasteiger partial charge in [-0.15, -0.1) is 0 Å². The third kappa shape index (κ3) is 7.51. The van der Waals surface area contributed by atoms with Crippen LogP contribution >= 0.6 is 0 Å². The van der Waals surface area contributed by atoms with E-state index in [9.17, 15) is 9.59 Å². The molecule has 0 aliphatic carbocycles. The predicted molar refractivity (Wildman–Crippen MR) is 70.0 cm³/mol. The Morgan fingerprint density at radius 2 is 1.72 bits per heavy atom. The summed E-state index contributed by atoms with van der Waals surface area (Å²) in [5.41, 5.74) is 1.20. The lowest BCUT2D eigenvalue weighted by atomic mass is 10.2. The summed E-state index contributed by atoms with van der Waals surface area (Å²) in [6, 6.07) is 3.16. The number of pyridine rings is 1. The van der Waals surface area contributed by atoms with Gasteiger partial charge in [-0.3, -0.25) is 4.79 Å². The lowest BCUT2D eigenvalue weighted by molar-refractivity contribution is 0.0594. The summed E-state index contributed by atoms with van der Waals surface area (Å²) in [7, 11) is 4.52. The van der Waals surface area contributed by atoms with Crippen molar-refractivity contribution in [1.82, 2.24) is 4.98 Å². The number of hydrogen-bond donors (Lipinski definition) is 0. The molecule has 0 aliphatic heterocycles. The highest BCUT2D eigenvalue weighted by molar-refractivity contribution is 5.88. The van der Waals surface area contributed by atoms with Gasteiger partial charge in [-0.25, -0.2) is 9.78 Å². The molecule has 5 heteroatoms. The van der Waals surface area contributed by atoms with E-state index in [2.05, 4.69) is 14.5 Å². The fourth-order valence-corrected chi connectivity index (χ4v) is 0.964. The van der Waals surface area contributed by atoms with E-state index in [1.807, 2.05) is 13.8 Å². The van der Waals surface area contributed by atoms with Crippen molar-refractivity contribution in [2.75, 3.05) is 21.3 Å². The van der Waals surface area contributed by atoms with Crippen molar-refractivity contribution >= 4 is 12.3 Å². The van der Waals surface area contributed by atoms with Gasteiger partial charge in [-0.2, -0.15) is 0 Å². The van der Waals surface area contributed by atoms with Crippen LogP contribution in [-0.4, -0.2) is 38.6 Å². The minimum Gasteiger partial charge on any atom is -0.464 e. The van der Waals surface area contributed by atoms with E-state index in [-0.39, 0.29) is 11.4 Å². The molecule has 0 amide bonds. The first-order valence-corrected chi connectivity index (χ1v) is 5.51. The van der Waals surface area contributed by atoms with E-state index in [4.69, 9.17) is 0 Å². The van der Waals surface area contributed by atoms with Crippen LogP contribution in [0, 0.1) is 6.92 Å². The Bertz CT molecular complexity index is 364. The molecule has 0 unspecified atom stereocenters. The molecule has 5 nitrogen and oxygen atoms in total. The van der Waals surface area contributed by atoms with Crippen molar-refractivity contribution in [2.24, 2.45) is 0 Å². The van der Waals surface area contributed by atoms with E-state index >= 15 is 0 Å². The molecule has 0 N–H and O–H groups in total. The zero-order chi connectivity index (χ0) is 14.6. The molecule has 0 aromatic carbocycles. The van der Waals surface area contributed by atoms with E-state index in [1.165, 1.54) is 7.11 Å². The maximum absolute atomic E-state index is 11.0. The first kappa shape index (κ1) is 18.6. The Labute approximate surface area is 108 Å². The number of ether oxygens (including phenoxy) is 2. The number of nitrogens with zero attached hydrogens (tertiary/aromatic N) is 1. The number of hydrogen-bond acceptors (Lipinski definition) is 5. The molecule has 0 radical (unpaired) electrons. The molecule has 0 atom stereocenters. The molecule has 0 aliphatic rings. The molecule has 0 saturated carbocycles. The SMILES string of the molecule is CC.COC.COC(=O)c1cc(C)cc(C=O)n1. The standard InChI is InChI=1S/C9H9NO3.C2H6O.C2H6/c1-6-3-7(5-11)10-8(4-6)9(12)13-2;1-3-2;1-2/h3-5H,1-2H3;1-2H3;1-2H3. The van der Waals surface area contributed by atoms with Crippen molar-refractivity contribution in [2.45, 2.75) is 20.8 Å². The molecule has 1 heterocycles. The minimum atomic E-state index is -0.535. The Morgan fingerprint density at radius 3 is 2.11 bits per heavy atom. The molecule has 1 rings (SSSR count). The van der Waals surface area contributed by atoms with Crippen LogP contribution in [0.15, 0.2) is 12.1 Å². The number of carbonyl (C=O) groups excluding carboxylic acids is 2. The molecule has 0 bridgehead atoms. The molecule has 0 spiro atoms. The van der Waals surface area contributed by atoms with Crippen LogP contribution in [0.5, 0.6) is 0 Å². The van der Waals surface area contributed by atoms with Gasteiger partial charge in [0.2, 0.25) is 0 Å². The maximum Gasteiger partial charge on any atom is 0.356 e. The van der Waals surface area contributed by atoms with Crippen LogP contribution in [0.2, 0.25) is 0 Å². The Hall–Kier alpha value is -1.75. The monoisotopic (exact) mass is 255 g/mol. The van der Waals surface area contributed by atoms with Gasteiger partial charge in [0.05, 0.1) is 7.11 Å². The molecule has 1 aromatic rings. The van der Waals surface area contributed by atoms with Crippen LogP contribution in [0.3, 0.4) is 0 Å². The number of aryl methyl sites for hydroxylation is 1. The summed E-state index contributed by atoms with van der Waals surface area (Å²) in [5.74, 6) is -0.535. The predicted octanol–water partition coefficient (Wildman–Crippen LogP) is 2.28. The quantitative estimate of drug-likeness (QED) is 0.599. The largest absolute Gasteiger partial charge is 0.464 e. The van der Waals surface area contributed by atoms with Crippen molar-refractivity contribution in [3.05, 3.63) is 29.1 Å². The highest BCUT2D eigenvalue weighted by atomic mass is 16.5.